The van der Waals surface area contributed by atoms with Gasteiger partial charge >= 0.3 is 8.74 Å². The van der Waals surface area contributed by atoms with Gasteiger partial charge in [-0.15, -0.1) is 0 Å². The van der Waals surface area contributed by atoms with Crippen LogP contribution in [0.3, 0.4) is 0 Å². The molecule has 0 nitrogen and oxygen atoms in total. The molecule has 0 heterocycles. The average Bonchev–Trinajstić information content (AvgIpc) is 2.74. The summed E-state index contributed by atoms with van der Waals surface area (Å²) in [6, 6.07) is 5.37. The van der Waals surface area contributed by atoms with Crippen LogP contribution in [0.4, 0.5) is 8.22 Å². The van der Waals surface area contributed by atoms with E-state index in [0.29, 0.717) is 11.6 Å². The van der Waals surface area contributed by atoms with E-state index in [0.717, 1.165) is 24.8 Å². The molecule has 1 unspecified atom stereocenters. The van der Waals surface area contributed by atoms with Crippen molar-refractivity contribution in [3.8, 4) is 0 Å². The molecule has 0 amide bonds. The highest BCUT2D eigenvalue weighted by Gasteiger charge is 2.43. The highest BCUT2D eigenvalue weighted by Crippen LogP contribution is 2.29. The van der Waals surface area contributed by atoms with Gasteiger partial charge in [-0.1, -0.05) is 38.5 Å². The largest absolute Gasteiger partial charge is 0.458 e. The van der Waals surface area contributed by atoms with E-state index in [1.807, 2.05) is 13.0 Å². The van der Waals surface area contributed by atoms with Gasteiger partial charge in [0.25, 0.3) is 0 Å². The lowest BCUT2D eigenvalue weighted by Crippen LogP contribution is -2.42. The predicted octanol–water partition coefficient (Wildman–Crippen LogP) is 3.56. The van der Waals surface area contributed by atoms with Crippen LogP contribution in [-0.2, 0) is 12.8 Å². The van der Waals surface area contributed by atoms with Crippen molar-refractivity contribution in [1.29, 1.82) is 0 Å². The second-order valence-electron chi connectivity index (χ2n) is 4.77. The van der Waals surface area contributed by atoms with E-state index in [2.05, 4.69) is 0 Å². The summed E-state index contributed by atoms with van der Waals surface area (Å²) in [5.41, 5.74) is 1.98. The fraction of sp³-hybridized carbons (Fsp3) is 0.538. The van der Waals surface area contributed by atoms with E-state index in [1.165, 1.54) is 5.56 Å². The van der Waals surface area contributed by atoms with Gasteiger partial charge in [0.15, 0.2) is 0 Å². The molecule has 1 aliphatic rings. The van der Waals surface area contributed by atoms with Crippen LogP contribution < -0.4 is 5.19 Å². The van der Waals surface area contributed by atoms with E-state index in [9.17, 15) is 8.22 Å². The summed E-state index contributed by atoms with van der Waals surface area (Å²) >= 11 is 0. The fourth-order valence-corrected chi connectivity index (χ4v) is 4.07. The molecule has 1 aromatic carbocycles. The molecular weight excluding hydrogens is 222 g/mol. The van der Waals surface area contributed by atoms with Gasteiger partial charge in [-0.3, -0.25) is 8.22 Å². The Hall–Kier alpha value is -0.703. The zero-order valence-electron chi connectivity index (χ0n) is 9.89. The van der Waals surface area contributed by atoms with Crippen molar-refractivity contribution in [3.63, 3.8) is 0 Å². The van der Waals surface area contributed by atoms with Crippen molar-refractivity contribution >= 4 is 13.9 Å². The first-order chi connectivity index (χ1) is 7.55. The molecule has 2 rings (SSSR count). The number of fused-ring (bicyclic) bond motifs is 1. The third-order valence-electron chi connectivity index (χ3n) is 3.71. The summed E-state index contributed by atoms with van der Waals surface area (Å²) in [5, 5.41) is 0.336. The number of hydrogen-bond donors (Lipinski definition) is 0. The summed E-state index contributed by atoms with van der Waals surface area (Å²) in [6.45, 7) is 3.53. The molecule has 1 aliphatic carbocycles. The van der Waals surface area contributed by atoms with Crippen molar-refractivity contribution in [2.75, 3.05) is 0 Å². The molecule has 0 bridgehead atoms. The second kappa shape index (κ2) is 4.28. The fourth-order valence-electron chi connectivity index (χ4n) is 2.32. The van der Waals surface area contributed by atoms with Crippen LogP contribution in [0, 0.1) is 0 Å². The number of aryl methyl sites for hydroxylation is 2. The maximum atomic E-state index is 14.2. The molecule has 0 aliphatic heterocycles. The lowest BCUT2D eigenvalue weighted by Gasteiger charge is -2.20. The Morgan fingerprint density at radius 1 is 1.25 bits per heavy atom. The molecule has 0 saturated heterocycles. The van der Waals surface area contributed by atoms with Crippen molar-refractivity contribution < 1.29 is 8.22 Å². The summed E-state index contributed by atoms with van der Waals surface area (Å²) in [7, 11) is -4.23. The summed E-state index contributed by atoms with van der Waals surface area (Å²) in [5.74, 6) is 0. The van der Waals surface area contributed by atoms with Crippen molar-refractivity contribution in [2.24, 2.45) is 0 Å². The molecule has 88 valence electrons. The first-order valence-corrected chi connectivity index (χ1v) is 7.89. The minimum Gasteiger partial charge on any atom is -0.264 e. The maximum Gasteiger partial charge on any atom is 0.458 e. The van der Waals surface area contributed by atoms with Gasteiger partial charge < -0.3 is 0 Å². The Morgan fingerprint density at radius 2 is 1.94 bits per heavy atom. The molecular formula is C13H18F2Si. The van der Waals surface area contributed by atoms with Crippen LogP contribution in [0.25, 0.3) is 0 Å². The molecule has 0 aromatic heterocycles. The molecule has 0 N–H and O–H groups in total. The molecule has 16 heavy (non-hydrogen) atoms. The first kappa shape index (κ1) is 11.8. The highest BCUT2D eigenvalue weighted by atomic mass is 28.4. The molecule has 0 spiro atoms. The maximum absolute atomic E-state index is 14.2. The second-order valence-corrected chi connectivity index (χ2v) is 7.58. The number of benzene rings is 1. The third-order valence-corrected chi connectivity index (χ3v) is 6.44. The predicted molar refractivity (Wildman–Crippen MR) is 65.8 cm³/mol. The summed E-state index contributed by atoms with van der Waals surface area (Å²) in [6.07, 6.45) is 3.73. The average molecular weight is 240 g/mol. The van der Waals surface area contributed by atoms with Crippen LogP contribution >= 0.6 is 0 Å². The first-order valence-electron chi connectivity index (χ1n) is 6.05. The third kappa shape index (κ3) is 1.93. The number of rotatable bonds is 3. The quantitative estimate of drug-likeness (QED) is 0.560. The summed E-state index contributed by atoms with van der Waals surface area (Å²) in [4.78, 5) is 0. The molecule has 1 atom stereocenters. The van der Waals surface area contributed by atoms with E-state index >= 15 is 0 Å². The van der Waals surface area contributed by atoms with Gasteiger partial charge in [0.05, 0.1) is 0 Å². The van der Waals surface area contributed by atoms with E-state index in [-0.39, 0.29) is 0 Å². The number of halogens is 2. The van der Waals surface area contributed by atoms with E-state index in [1.54, 1.807) is 19.1 Å². The Balaban J connectivity index is 2.34. The van der Waals surface area contributed by atoms with Crippen LogP contribution in [0.5, 0.6) is 0 Å². The minimum absolute atomic E-state index is 0.336. The van der Waals surface area contributed by atoms with Gasteiger partial charge in [0.1, 0.15) is 0 Å². The molecule has 0 radical (unpaired) electrons. The van der Waals surface area contributed by atoms with E-state index < -0.39 is 14.3 Å². The zero-order valence-corrected chi connectivity index (χ0v) is 10.9. The Bertz CT molecular complexity index is 388. The van der Waals surface area contributed by atoms with Gasteiger partial charge in [-0.2, -0.15) is 0 Å². The Labute approximate surface area is 97.0 Å². The lowest BCUT2D eigenvalue weighted by atomic mass is 10.1. The standard InChI is InChI=1S/C13H18F2Si/c1-3-10(2)16(14,15)13-8-7-11-5-4-6-12(11)9-13/h7-10H,3-6H2,1-2H3. The monoisotopic (exact) mass is 240 g/mol. The highest BCUT2D eigenvalue weighted by molar-refractivity contribution is 6.81. The lowest BCUT2D eigenvalue weighted by molar-refractivity contribution is 0.572. The van der Waals surface area contributed by atoms with Crippen LogP contribution in [0.15, 0.2) is 18.2 Å². The normalized spacial score (nSPS) is 17.2. The molecule has 0 fully saturated rings. The van der Waals surface area contributed by atoms with Crippen molar-refractivity contribution in [3.05, 3.63) is 29.3 Å². The van der Waals surface area contributed by atoms with Crippen LogP contribution in [0.2, 0.25) is 5.54 Å². The van der Waals surface area contributed by atoms with Gasteiger partial charge in [-0.25, -0.2) is 0 Å². The van der Waals surface area contributed by atoms with Crippen molar-refractivity contribution in [1.82, 2.24) is 0 Å². The minimum atomic E-state index is -4.23. The van der Waals surface area contributed by atoms with Crippen LogP contribution in [-0.4, -0.2) is 8.74 Å². The smallest absolute Gasteiger partial charge is 0.264 e. The Morgan fingerprint density at radius 3 is 2.62 bits per heavy atom. The molecule has 0 saturated carbocycles. The van der Waals surface area contributed by atoms with Gasteiger partial charge in [0, 0.05) is 10.7 Å². The molecule has 1 aromatic rings. The zero-order chi connectivity index (χ0) is 11.8. The van der Waals surface area contributed by atoms with E-state index in [4.69, 9.17) is 0 Å². The number of hydrogen-bond acceptors (Lipinski definition) is 0. The van der Waals surface area contributed by atoms with Gasteiger partial charge in [-0.05, 0) is 30.4 Å². The van der Waals surface area contributed by atoms with Gasteiger partial charge in [0.2, 0.25) is 0 Å². The Kier molecular flexibility index (Phi) is 3.15. The summed E-state index contributed by atoms with van der Waals surface area (Å²) < 4.78 is 28.3. The van der Waals surface area contributed by atoms with Crippen LogP contribution in [0.1, 0.15) is 37.8 Å². The van der Waals surface area contributed by atoms with Crippen molar-refractivity contribution in [2.45, 2.75) is 45.1 Å². The SMILES string of the molecule is CCC(C)[Si](F)(F)c1ccc2c(c1)CCC2. The topological polar surface area (TPSA) is 0 Å². The molecule has 3 heteroatoms.